The van der Waals surface area contributed by atoms with Crippen molar-refractivity contribution in [3.8, 4) is 5.75 Å². The molecule has 76 valence electrons. The molecule has 0 atom stereocenters. The average Bonchev–Trinajstić information content (AvgIpc) is 2.19. The normalized spacial score (nSPS) is 9.64. The molecule has 0 aliphatic rings. The van der Waals surface area contributed by atoms with E-state index >= 15 is 0 Å². The van der Waals surface area contributed by atoms with E-state index in [1.807, 2.05) is 0 Å². The summed E-state index contributed by atoms with van der Waals surface area (Å²) in [5.41, 5.74) is 0. The first-order valence-electron chi connectivity index (χ1n) is 3.81. The first kappa shape index (κ1) is 11.2. The van der Waals surface area contributed by atoms with Crippen LogP contribution in [0.2, 0.25) is 5.02 Å². The summed E-state index contributed by atoms with van der Waals surface area (Å²) in [6, 6.07) is 4.96. The predicted octanol–water partition coefficient (Wildman–Crippen LogP) is 2.18. The van der Waals surface area contributed by atoms with Crippen molar-refractivity contribution in [2.24, 2.45) is 0 Å². The number of carbonyl (C=O) groups excluding carboxylic acids is 1. The van der Waals surface area contributed by atoms with E-state index in [1.54, 1.807) is 18.2 Å². The maximum absolute atomic E-state index is 10.7. The van der Waals surface area contributed by atoms with Gasteiger partial charge in [-0.1, -0.05) is 11.6 Å². The second-order valence-electron chi connectivity index (χ2n) is 2.48. The van der Waals surface area contributed by atoms with Crippen LogP contribution in [0.1, 0.15) is 0 Å². The zero-order valence-corrected chi connectivity index (χ0v) is 9.14. The van der Waals surface area contributed by atoms with Gasteiger partial charge in [-0.05, 0) is 18.2 Å². The molecule has 1 rings (SSSR count). The number of esters is 1. The lowest BCUT2D eigenvalue weighted by Gasteiger charge is -2.05. The lowest BCUT2D eigenvalue weighted by Crippen LogP contribution is -2.12. The summed E-state index contributed by atoms with van der Waals surface area (Å²) in [4.78, 5) is 11.4. The number of halogens is 1. The highest BCUT2D eigenvalue weighted by Crippen LogP contribution is 2.24. The number of rotatable bonds is 3. The highest BCUT2D eigenvalue weighted by Gasteiger charge is 2.03. The molecule has 0 radical (unpaired) electrons. The third-order valence-corrected chi connectivity index (χ3v) is 2.34. The Morgan fingerprint density at radius 3 is 2.86 bits per heavy atom. The Bertz CT molecular complexity index is 341. The van der Waals surface area contributed by atoms with Crippen molar-refractivity contribution >= 4 is 30.2 Å². The molecule has 0 aromatic heterocycles. The molecule has 0 aliphatic carbocycles. The molecular weight excluding hydrogens is 224 g/mol. The van der Waals surface area contributed by atoms with Gasteiger partial charge in [-0.3, -0.25) is 0 Å². The summed E-state index contributed by atoms with van der Waals surface area (Å²) in [6.45, 7) is -0.126. The van der Waals surface area contributed by atoms with E-state index in [-0.39, 0.29) is 6.61 Å². The van der Waals surface area contributed by atoms with Crippen LogP contribution in [-0.2, 0) is 9.53 Å². The van der Waals surface area contributed by atoms with Crippen LogP contribution in [0.5, 0.6) is 5.75 Å². The van der Waals surface area contributed by atoms with Crippen molar-refractivity contribution in [3.05, 3.63) is 23.2 Å². The van der Waals surface area contributed by atoms with Crippen molar-refractivity contribution in [2.45, 2.75) is 4.90 Å². The molecule has 0 unspecified atom stereocenters. The summed E-state index contributed by atoms with van der Waals surface area (Å²) in [5, 5.41) is 0.482. The van der Waals surface area contributed by atoms with E-state index in [2.05, 4.69) is 17.4 Å². The van der Waals surface area contributed by atoms with E-state index < -0.39 is 5.97 Å². The van der Waals surface area contributed by atoms with Gasteiger partial charge in [0.15, 0.2) is 6.61 Å². The molecule has 0 saturated carbocycles. The van der Waals surface area contributed by atoms with Gasteiger partial charge in [-0.25, -0.2) is 4.79 Å². The molecule has 0 aliphatic heterocycles. The minimum Gasteiger partial charge on any atom is -0.482 e. The monoisotopic (exact) mass is 232 g/mol. The highest BCUT2D eigenvalue weighted by atomic mass is 35.5. The number of benzene rings is 1. The highest BCUT2D eigenvalue weighted by molar-refractivity contribution is 7.80. The van der Waals surface area contributed by atoms with Crippen molar-refractivity contribution in [2.75, 3.05) is 13.7 Å². The Labute approximate surface area is 92.4 Å². The van der Waals surface area contributed by atoms with E-state index in [9.17, 15) is 4.79 Å². The van der Waals surface area contributed by atoms with Gasteiger partial charge in [0.05, 0.1) is 12.1 Å². The smallest absolute Gasteiger partial charge is 0.343 e. The first-order valence-corrected chi connectivity index (χ1v) is 4.64. The molecule has 0 fully saturated rings. The summed E-state index contributed by atoms with van der Waals surface area (Å²) in [7, 11) is 1.30. The maximum Gasteiger partial charge on any atom is 0.343 e. The van der Waals surface area contributed by atoms with Crippen molar-refractivity contribution in [1.82, 2.24) is 0 Å². The SMILES string of the molecule is COC(=O)COc1ccc(S)c(Cl)c1. The Balaban J connectivity index is 2.60. The van der Waals surface area contributed by atoms with Crippen LogP contribution in [0, 0.1) is 0 Å². The molecule has 3 nitrogen and oxygen atoms in total. The van der Waals surface area contributed by atoms with Gasteiger partial charge in [0.25, 0.3) is 0 Å². The summed E-state index contributed by atoms with van der Waals surface area (Å²) in [5.74, 6) is 0.0780. The summed E-state index contributed by atoms with van der Waals surface area (Å²) < 4.78 is 9.52. The number of hydrogen-bond donors (Lipinski definition) is 1. The van der Waals surface area contributed by atoms with E-state index in [4.69, 9.17) is 16.3 Å². The van der Waals surface area contributed by atoms with Crippen LogP contribution in [0.25, 0.3) is 0 Å². The number of ether oxygens (including phenoxy) is 2. The number of carbonyl (C=O) groups is 1. The molecule has 0 saturated heterocycles. The number of methoxy groups -OCH3 is 1. The molecule has 0 spiro atoms. The molecule has 14 heavy (non-hydrogen) atoms. The van der Waals surface area contributed by atoms with Crippen LogP contribution in [0.3, 0.4) is 0 Å². The topological polar surface area (TPSA) is 35.5 Å². The van der Waals surface area contributed by atoms with Crippen LogP contribution < -0.4 is 4.74 Å². The van der Waals surface area contributed by atoms with Crippen molar-refractivity contribution < 1.29 is 14.3 Å². The summed E-state index contributed by atoms with van der Waals surface area (Å²) in [6.07, 6.45) is 0. The van der Waals surface area contributed by atoms with Crippen LogP contribution in [0.15, 0.2) is 23.1 Å². The Kier molecular flexibility index (Phi) is 4.10. The van der Waals surface area contributed by atoms with Crippen molar-refractivity contribution in [1.29, 1.82) is 0 Å². The van der Waals surface area contributed by atoms with Crippen LogP contribution in [-0.4, -0.2) is 19.7 Å². The minimum absolute atomic E-state index is 0.126. The molecule has 5 heteroatoms. The first-order chi connectivity index (χ1) is 6.63. The van der Waals surface area contributed by atoms with Crippen LogP contribution >= 0.6 is 24.2 Å². The van der Waals surface area contributed by atoms with Gasteiger partial charge in [0.2, 0.25) is 0 Å². The molecule has 0 bridgehead atoms. The van der Waals surface area contributed by atoms with E-state index in [0.717, 1.165) is 0 Å². The van der Waals surface area contributed by atoms with Gasteiger partial charge in [-0.2, -0.15) is 0 Å². The average molecular weight is 233 g/mol. The second-order valence-corrected chi connectivity index (χ2v) is 3.37. The fourth-order valence-corrected chi connectivity index (χ4v) is 1.09. The van der Waals surface area contributed by atoms with E-state index in [0.29, 0.717) is 15.7 Å². The lowest BCUT2D eigenvalue weighted by atomic mass is 10.3. The maximum atomic E-state index is 10.7. The Hall–Kier alpha value is -0.870. The third-order valence-electron chi connectivity index (χ3n) is 1.50. The van der Waals surface area contributed by atoms with Gasteiger partial charge in [-0.15, -0.1) is 12.6 Å². The molecule has 1 aromatic rings. The van der Waals surface area contributed by atoms with Gasteiger partial charge in [0.1, 0.15) is 5.75 Å². The quantitative estimate of drug-likeness (QED) is 0.641. The molecule has 1 aromatic carbocycles. The van der Waals surface area contributed by atoms with Gasteiger partial charge < -0.3 is 9.47 Å². The van der Waals surface area contributed by atoms with Crippen molar-refractivity contribution in [3.63, 3.8) is 0 Å². The molecular formula is C9H9ClO3S. The van der Waals surface area contributed by atoms with Crippen LogP contribution in [0.4, 0.5) is 0 Å². The number of thiol groups is 1. The molecule has 0 N–H and O–H groups in total. The molecule has 0 heterocycles. The van der Waals surface area contributed by atoms with Gasteiger partial charge in [0, 0.05) is 4.90 Å². The zero-order chi connectivity index (χ0) is 10.6. The fraction of sp³-hybridized carbons (Fsp3) is 0.222. The standard InChI is InChI=1S/C9H9ClO3S/c1-12-9(11)5-13-6-2-3-8(14)7(10)4-6/h2-4,14H,5H2,1H3. The minimum atomic E-state index is -0.434. The predicted molar refractivity (Wildman–Crippen MR) is 56.2 cm³/mol. The Morgan fingerprint density at radius 2 is 2.29 bits per heavy atom. The zero-order valence-electron chi connectivity index (χ0n) is 7.49. The lowest BCUT2D eigenvalue weighted by molar-refractivity contribution is -0.142. The van der Waals surface area contributed by atoms with Gasteiger partial charge >= 0.3 is 5.97 Å². The Morgan fingerprint density at radius 1 is 1.57 bits per heavy atom. The second kappa shape index (κ2) is 5.12. The molecule has 0 amide bonds. The largest absolute Gasteiger partial charge is 0.482 e. The fourth-order valence-electron chi connectivity index (χ4n) is 0.779. The van der Waals surface area contributed by atoms with E-state index in [1.165, 1.54) is 7.11 Å². The summed E-state index contributed by atoms with van der Waals surface area (Å²) >= 11 is 9.88. The third kappa shape index (κ3) is 3.12. The number of hydrogen-bond acceptors (Lipinski definition) is 4.